The summed E-state index contributed by atoms with van der Waals surface area (Å²) >= 11 is 8.11. The summed E-state index contributed by atoms with van der Waals surface area (Å²) < 4.78 is 29.0. The van der Waals surface area contributed by atoms with Crippen molar-refractivity contribution in [3.63, 3.8) is 0 Å². The number of nitrogens with one attached hydrogen (secondary N) is 1. The Hall–Kier alpha value is 0.530. The molecule has 1 saturated heterocycles. The van der Waals surface area contributed by atoms with E-state index in [0.29, 0.717) is 21.1 Å². The molecule has 120 valence electrons. The second-order valence-electron chi connectivity index (χ2n) is 5.57. The van der Waals surface area contributed by atoms with Crippen LogP contribution >= 0.6 is 43.2 Å². The highest BCUT2D eigenvalue weighted by Gasteiger charge is 2.32. The lowest BCUT2D eigenvalue weighted by Gasteiger charge is -2.31. The van der Waals surface area contributed by atoms with Gasteiger partial charge < -0.3 is 5.32 Å². The summed E-state index contributed by atoms with van der Waals surface area (Å²) in [5.74, 6) is 0.386. The van der Waals surface area contributed by atoms with Crippen LogP contribution in [0.4, 0.5) is 0 Å². The lowest BCUT2D eigenvalue weighted by molar-refractivity contribution is 0.264. The van der Waals surface area contributed by atoms with Crippen molar-refractivity contribution >= 4 is 53.2 Å². The topological polar surface area (TPSA) is 49.4 Å². The number of sulfonamides is 1. The van der Waals surface area contributed by atoms with Crippen LogP contribution in [0.2, 0.25) is 0 Å². The van der Waals surface area contributed by atoms with Gasteiger partial charge in [-0.15, -0.1) is 11.3 Å². The van der Waals surface area contributed by atoms with E-state index in [1.165, 1.54) is 11.3 Å². The van der Waals surface area contributed by atoms with Gasteiger partial charge in [0.25, 0.3) is 0 Å². The third kappa shape index (κ3) is 4.29. The second-order valence-corrected chi connectivity index (χ2v) is 11.2. The molecule has 0 saturated carbocycles. The van der Waals surface area contributed by atoms with Crippen LogP contribution in [0.5, 0.6) is 0 Å². The Morgan fingerprint density at radius 2 is 2.19 bits per heavy atom. The van der Waals surface area contributed by atoms with Gasteiger partial charge in [-0.25, -0.2) is 8.42 Å². The van der Waals surface area contributed by atoms with Crippen molar-refractivity contribution in [3.05, 3.63) is 13.6 Å². The van der Waals surface area contributed by atoms with Gasteiger partial charge in [0.1, 0.15) is 4.90 Å². The van der Waals surface area contributed by atoms with Gasteiger partial charge in [0.05, 0.1) is 7.57 Å². The van der Waals surface area contributed by atoms with E-state index < -0.39 is 10.0 Å². The SMILES string of the molecule is CC(C)N(CC1CCCNC1)S(=O)(=O)c1cc(Br)sc1Br. The molecule has 8 heteroatoms. The van der Waals surface area contributed by atoms with Gasteiger partial charge in [-0.2, -0.15) is 4.31 Å². The first-order valence-electron chi connectivity index (χ1n) is 6.99. The highest BCUT2D eigenvalue weighted by molar-refractivity contribution is 9.12. The van der Waals surface area contributed by atoms with E-state index in [9.17, 15) is 8.42 Å². The van der Waals surface area contributed by atoms with Gasteiger partial charge in [-0.3, -0.25) is 0 Å². The molecule has 4 nitrogen and oxygen atoms in total. The fourth-order valence-corrected chi connectivity index (χ4v) is 8.02. The molecule has 0 bridgehead atoms. The number of thiophene rings is 1. The Labute approximate surface area is 147 Å². The zero-order chi connectivity index (χ0) is 15.6. The number of piperidine rings is 1. The molecule has 1 aromatic heterocycles. The molecule has 0 aromatic carbocycles. The molecule has 1 aliphatic rings. The molecule has 1 aliphatic heterocycles. The van der Waals surface area contributed by atoms with Gasteiger partial charge in [-0.1, -0.05) is 0 Å². The molecule has 0 aliphatic carbocycles. The van der Waals surface area contributed by atoms with E-state index in [4.69, 9.17) is 0 Å². The van der Waals surface area contributed by atoms with Gasteiger partial charge in [-0.05, 0) is 83.6 Å². The Kier molecular flexibility index (Phi) is 6.30. The molecular weight excluding hydrogens is 440 g/mol. The summed E-state index contributed by atoms with van der Waals surface area (Å²) in [5, 5.41) is 3.35. The highest BCUT2D eigenvalue weighted by atomic mass is 79.9. The van der Waals surface area contributed by atoms with E-state index in [2.05, 4.69) is 37.2 Å². The van der Waals surface area contributed by atoms with Crippen molar-refractivity contribution in [3.8, 4) is 0 Å². The van der Waals surface area contributed by atoms with Crippen molar-refractivity contribution in [2.75, 3.05) is 19.6 Å². The summed E-state index contributed by atoms with van der Waals surface area (Å²) in [6.45, 7) is 6.38. The quantitative estimate of drug-likeness (QED) is 0.730. The first-order valence-corrected chi connectivity index (χ1v) is 10.8. The van der Waals surface area contributed by atoms with Crippen molar-refractivity contribution in [2.24, 2.45) is 5.92 Å². The monoisotopic (exact) mass is 458 g/mol. The maximum atomic E-state index is 12.9. The van der Waals surface area contributed by atoms with Gasteiger partial charge in [0, 0.05) is 12.6 Å². The van der Waals surface area contributed by atoms with Crippen molar-refractivity contribution in [1.29, 1.82) is 0 Å². The average molecular weight is 460 g/mol. The molecule has 1 aromatic rings. The van der Waals surface area contributed by atoms with Crippen LogP contribution in [0, 0.1) is 5.92 Å². The summed E-state index contributed by atoms with van der Waals surface area (Å²) in [6, 6.07) is 1.63. The van der Waals surface area contributed by atoms with Crippen LogP contribution in [-0.4, -0.2) is 38.4 Å². The number of hydrogen-bond donors (Lipinski definition) is 1. The van der Waals surface area contributed by atoms with Crippen LogP contribution < -0.4 is 5.32 Å². The molecule has 0 amide bonds. The molecule has 2 rings (SSSR count). The van der Waals surface area contributed by atoms with Crippen molar-refractivity contribution in [1.82, 2.24) is 9.62 Å². The van der Waals surface area contributed by atoms with Crippen LogP contribution in [0.15, 0.2) is 18.5 Å². The number of hydrogen-bond acceptors (Lipinski definition) is 4. The summed E-state index contributed by atoms with van der Waals surface area (Å²) in [5.41, 5.74) is 0. The minimum absolute atomic E-state index is 0.0532. The maximum absolute atomic E-state index is 12.9. The molecule has 1 N–H and O–H groups in total. The van der Waals surface area contributed by atoms with Crippen molar-refractivity contribution in [2.45, 2.75) is 37.6 Å². The minimum Gasteiger partial charge on any atom is -0.316 e. The Morgan fingerprint density at radius 3 is 2.67 bits per heavy atom. The molecular formula is C13H20Br2N2O2S2. The summed E-state index contributed by atoms with van der Waals surface area (Å²) in [6.07, 6.45) is 2.20. The number of rotatable bonds is 5. The second kappa shape index (κ2) is 7.40. The fourth-order valence-electron chi connectivity index (χ4n) is 2.55. The largest absolute Gasteiger partial charge is 0.316 e. The molecule has 0 spiro atoms. The van der Waals surface area contributed by atoms with Gasteiger partial charge >= 0.3 is 0 Å². The maximum Gasteiger partial charge on any atom is 0.245 e. The Balaban J connectivity index is 2.25. The first-order chi connectivity index (χ1) is 9.82. The lowest BCUT2D eigenvalue weighted by atomic mass is 9.99. The number of nitrogens with zero attached hydrogens (tertiary/aromatic N) is 1. The third-order valence-corrected chi connectivity index (χ3v) is 8.42. The fraction of sp³-hybridized carbons (Fsp3) is 0.692. The smallest absolute Gasteiger partial charge is 0.245 e. The average Bonchev–Trinajstić information content (AvgIpc) is 2.76. The van der Waals surface area contributed by atoms with Crippen molar-refractivity contribution < 1.29 is 8.42 Å². The Bertz CT molecular complexity index is 581. The highest BCUT2D eigenvalue weighted by Crippen LogP contribution is 2.37. The summed E-state index contributed by atoms with van der Waals surface area (Å²) in [7, 11) is -3.47. The van der Waals surface area contributed by atoms with E-state index in [1.54, 1.807) is 10.4 Å². The zero-order valence-electron chi connectivity index (χ0n) is 12.1. The predicted octanol–water partition coefficient (Wildman–Crippen LogP) is 3.67. The van der Waals surface area contributed by atoms with E-state index in [-0.39, 0.29) is 6.04 Å². The van der Waals surface area contributed by atoms with Crippen LogP contribution in [0.25, 0.3) is 0 Å². The number of halogens is 2. The first kappa shape index (κ1) is 17.9. The van der Waals surface area contributed by atoms with E-state index in [1.807, 2.05) is 13.8 Å². The normalized spacial score (nSPS) is 20.4. The molecule has 0 radical (unpaired) electrons. The molecule has 2 heterocycles. The van der Waals surface area contributed by atoms with Gasteiger partial charge in [0.2, 0.25) is 10.0 Å². The Morgan fingerprint density at radius 1 is 1.48 bits per heavy atom. The zero-order valence-corrected chi connectivity index (χ0v) is 16.9. The molecule has 1 unspecified atom stereocenters. The van der Waals surface area contributed by atoms with E-state index >= 15 is 0 Å². The molecule has 1 fully saturated rings. The third-order valence-electron chi connectivity index (χ3n) is 3.63. The lowest BCUT2D eigenvalue weighted by Crippen LogP contribution is -2.44. The van der Waals surface area contributed by atoms with Crippen LogP contribution in [0.3, 0.4) is 0 Å². The van der Waals surface area contributed by atoms with Crippen LogP contribution in [-0.2, 0) is 10.0 Å². The predicted molar refractivity (Wildman–Crippen MR) is 94.3 cm³/mol. The molecule has 21 heavy (non-hydrogen) atoms. The van der Waals surface area contributed by atoms with Gasteiger partial charge in [0.15, 0.2) is 0 Å². The van der Waals surface area contributed by atoms with Crippen LogP contribution in [0.1, 0.15) is 26.7 Å². The summed E-state index contributed by atoms with van der Waals surface area (Å²) in [4.78, 5) is 0.358. The van der Waals surface area contributed by atoms with E-state index in [0.717, 1.165) is 29.7 Å². The standard InChI is InChI=1S/C13H20Br2N2O2S2/c1-9(2)17(8-10-4-3-5-16-7-10)21(18,19)11-6-12(14)20-13(11)15/h6,9-10,16H,3-5,7-8H2,1-2H3. The molecule has 1 atom stereocenters. The minimum atomic E-state index is -3.47.